The Morgan fingerprint density at radius 2 is 1.30 bits per heavy atom. The third kappa shape index (κ3) is 19.2. The van der Waals surface area contributed by atoms with Gasteiger partial charge in [-0.2, -0.15) is 0 Å². The first-order valence-corrected chi connectivity index (χ1v) is 19.7. The fourth-order valence-electron chi connectivity index (χ4n) is 3.56. The van der Waals surface area contributed by atoms with Crippen LogP contribution in [0.1, 0.15) is 79.6 Å². The van der Waals surface area contributed by atoms with Crippen LogP contribution in [0, 0.1) is 5.92 Å². The fourth-order valence-corrected chi connectivity index (χ4v) is 8.27. The van der Waals surface area contributed by atoms with E-state index in [1.54, 1.807) is 64.3 Å². The quantitative estimate of drug-likeness (QED) is 0.134. The fraction of sp³-hybridized carbons (Fsp3) is 0.793. The molecule has 1 saturated heterocycles. The standard InChI is InChI=1S/C12H19NO5S2.C12H23NO4S2.C5H10O2/c1-12(8-17-2,20-19-3)7-6-11(16)18-13-9(14)4-5-10(13)15;1-9(11(15)16)13(3)10(14)6-7-12(2,8-17-4)19-18-5;1-3-4(2)5(6)7/h4-8H2,1-3H3;9H,6-8H2,1-5H3,(H,15,16);4H,3H2,1-2H3,(H,6,7)/t;9-,12?;4-/m.01/s1. The summed E-state index contributed by atoms with van der Waals surface area (Å²) in [5, 5.41) is 17.6. The number of hydroxylamine groups is 2. The second kappa shape index (κ2) is 24.5. The molecule has 1 aliphatic rings. The lowest BCUT2D eigenvalue weighted by Gasteiger charge is -2.28. The first-order valence-electron chi connectivity index (χ1n) is 14.6. The van der Waals surface area contributed by atoms with Gasteiger partial charge < -0.3 is 29.4 Å². The van der Waals surface area contributed by atoms with Crippen LogP contribution in [0.5, 0.6) is 0 Å². The monoisotopic (exact) mass is 732 g/mol. The first kappa shape index (κ1) is 46.5. The van der Waals surface area contributed by atoms with E-state index < -0.39 is 35.8 Å². The normalized spacial score (nSPS) is 16.4. The lowest BCUT2D eigenvalue weighted by atomic mass is 10.0. The molecule has 268 valence electrons. The Labute approximate surface area is 289 Å². The first-order chi connectivity index (χ1) is 21.4. The van der Waals surface area contributed by atoms with Crippen LogP contribution < -0.4 is 0 Å². The summed E-state index contributed by atoms with van der Waals surface area (Å²) in [6.45, 7) is 10.2. The second-order valence-corrected chi connectivity index (χ2v) is 16.9. The van der Waals surface area contributed by atoms with Crippen LogP contribution in [-0.4, -0.2) is 118 Å². The van der Waals surface area contributed by atoms with E-state index >= 15 is 0 Å². The van der Waals surface area contributed by atoms with Crippen molar-refractivity contribution in [2.75, 3.05) is 47.0 Å². The molecule has 0 aromatic carbocycles. The number of carbonyl (C=O) groups is 6. The lowest BCUT2D eigenvalue weighted by molar-refractivity contribution is -0.197. The molecule has 0 aromatic heterocycles. The number of hydrogen-bond acceptors (Lipinski definition) is 13. The van der Waals surface area contributed by atoms with Gasteiger partial charge in [0.05, 0.1) is 19.1 Å². The number of carboxylic acid groups (broad SMARTS) is 2. The van der Waals surface area contributed by atoms with Gasteiger partial charge in [0.25, 0.3) is 11.8 Å². The van der Waals surface area contributed by atoms with Gasteiger partial charge in [-0.3, -0.25) is 19.2 Å². The zero-order valence-corrected chi connectivity index (χ0v) is 31.9. The van der Waals surface area contributed by atoms with E-state index in [-0.39, 0.29) is 40.6 Å². The molecule has 1 aliphatic heterocycles. The van der Waals surface area contributed by atoms with Crippen molar-refractivity contribution in [2.45, 2.75) is 95.1 Å². The van der Waals surface area contributed by atoms with Gasteiger partial charge in [0.2, 0.25) is 5.91 Å². The van der Waals surface area contributed by atoms with Crippen molar-refractivity contribution >= 4 is 78.8 Å². The molecule has 1 rings (SSSR count). The molecule has 1 fully saturated rings. The van der Waals surface area contributed by atoms with Crippen molar-refractivity contribution in [1.82, 2.24) is 9.96 Å². The SMILES string of the molecule is CC[C@@H](C)C(=O)O.COCC(C)(CCC(=O)N(C)[C@@H](C)C(=O)O)SSC.COCC(C)(CCC(=O)ON1C(=O)CCC1=O)SSC. The number of hydrogen-bond donors (Lipinski definition) is 2. The van der Waals surface area contributed by atoms with E-state index in [2.05, 4.69) is 0 Å². The molecule has 0 saturated carbocycles. The van der Waals surface area contributed by atoms with Crippen molar-refractivity contribution in [3.63, 3.8) is 0 Å². The molecule has 0 bridgehead atoms. The summed E-state index contributed by atoms with van der Waals surface area (Å²) in [5.41, 5.74) is 0. The third-order valence-electron chi connectivity index (χ3n) is 6.76. The van der Waals surface area contributed by atoms with Crippen LogP contribution in [0.15, 0.2) is 0 Å². The molecular weight excluding hydrogens is 681 g/mol. The summed E-state index contributed by atoms with van der Waals surface area (Å²) < 4.78 is 9.98. The summed E-state index contributed by atoms with van der Waals surface area (Å²) in [6.07, 6.45) is 6.52. The molecule has 4 atom stereocenters. The number of ether oxygens (including phenoxy) is 2. The highest BCUT2D eigenvalue weighted by atomic mass is 33.1. The largest absolute Gasteiger partial charge is 0.481 e. The predicted octanol–water partition coefficient (Wildman–Crippen LogP) is 5.02. The number of amides is 3. The number of aliphatic carboxylic acids is 2. The number of carbonyl (C=O) groups excluding carboxylic acids is 4. The van der Waals surface area contributed by atoms with Crippen LogP contribution in [0.3, 0.4) is 0 Å². The minimum atomic E-state index is -0.992. The van der Waals surface area contributed by atoms with Crippen molar-refractivity contribution in [3.05, 3.63) is 0 Å². The van der Waals surface area contributed by atoms with E-state index in [9.17, 15) is 28.8 Å². The topological polar surface area (TPSA) is 177 Å². The number of imide groups is 1. The van der Waals surface area contributed by atoms with Crippen molar-refractivity contribution in [1.29, 1.82) is 0 Å². The number of nitrogens with zero attached hydrogens (tertiary/aromatic N) is 2. The molecule has 2 N–H and O–H groups in total. The van der Waals surface area contributed by atoms with Gasteiger partial charge in [-0.25, -0.2) is 9.59 Å². The summed E-state index contributed by atoms with van der Waals surface area (Å²) in [5.74, 6) is -3.52. The Kier molecular flexibility index (Phi) is 24.7. The van der Waals surface area contributed by atoms with E-state index in [0.717, 1.165) is 6.42 Å². The van der Waals surface area contributed by atoms with Crippen molar-refractivity contribution in [3.8, 4) is 0 Å². The molecular formula is C29H52N2O11S4. The van der Waals surface area contributed by atoms with Gasteiger partial charge in [-0.05, 0) is 52.5 Å². The lowest BCUT2D eigenvalue weighted by Crippen LogP contribution is -2.41. The van der Waals surface area contributed by atoms with Gasteiger partial charge in [-0.15, -0.1) is 5.06 Å². The smallest absolute Gasteiger partial charge is 0.333 e. The van der Waals surface area contributed by atoms with Crippen molar-refractivity contribution < 1.29 is 53.3 Å². The van der Waals surface area contributed by atoms with E-state index in [0.29, 0.717) is 37.5 Å². The predicted molar refractivity (Wildman–Crippen MR) is 185 cm³/mol. The molecule has 17 heteroatoms. The highest BCUT2D eigenvalue weighted by Gasteiger charge is 2.34. The molecule has 0 radical (unpaired) electrons. The van der Waals surface area contributed by atoms with Gasteiger partial charge in [0.1, 0.15) is 6.04 Å². The van der Waals surface area contributed by atoms with E-state index in [1.807, 2.05) is 33.3 Å². The van der Waals surface area contributed by atoms with Crippen molar-refractivity contribution in [2.24, 2.45) is 5.92 Å². The number of rotatable bonds is 19. The number of likely N-dealkylation sites (N-methyl/N-ethyl adjacent to an activating group) is 1. The zero-order valence-electron chi connectivity index (χ0n) is 28.6. The Morgan fingerprint density at radius 1 is 0.870 bits per heavy atom. The highest BCUT2D eigenvalue weighted by molar-refractivity contribution is 8.77. The van der Waals surface area contributed by atoms with Crippen LogP contribution in [0.25, 0.3) is 0 Å². The average Bonchev–Trinajstić information content (AvgIpc) is 3.30. The molecule has 46 heavy (non-hydrogen) atoms. The maximum Gasteiger partial charge on any atom is 0.333 e. The molecule has 1 heterocycles. The maximum atomic E-state index is 11.9. The Morgan fingerprint density at radius 3 is 1.63 bits per heavy atom. The molecule has 0 aromatic rings. The molecule has 13 nitrogen and oxygen atoms in total. The van der Waals surface area contributed by atoms with Crippen LogP contribution >= 0.6 is 43.2 Å². The molecule has 2 unspecified atom stereocenters. The average molecular weight is 733 g/mol. The minimum absolute atomic E-state index is 0.107. The zero-order chi connectivity index (χ0) is 36.1. The Hall–Kier alpha value is -1.66. The molecule has 3 amide bonds. The Bertz CT molecular complexity index is 959. The summed E-state index contributed by atoms with van der Waals surface area (Å²) >= 11 is 0. The summed E-state index contributed by atoms with van der Waals surface area (Å²) in [4.78, 5) is 73.2. The summed E-state index contributed by atoms with van der Waals surface area (Å²) in [7, 11) is 11.3. The van der Waals surface area contributed by atoms with Gasteiger partial charge in [0.15, 0.2) is 0 Å². The highest BCUT2D eigenvalue weighted by Crippen LogP contribution is 2.38. The molecule has 0 aliphatic carbocycles. The van der Waals surface area contributed by atoms with Crippen LogP contribution in [-0.2, 0) is 43.1 Å². The van der Waals surface area contributed by atoms with Gasteiger partial charge >= 0.3 is 17.9 Å². The number of carboxylic acids is 2. The van der Waals surface area contributed by atoms with Gasteiger partial charge in [0, 0.05) is 56.4 Å². The van der Waals surface area contributed by atoms with Crippen LogP contribution in [0.2, 0.25) is 0 Å². The second-order valence-electron chi connectivity index (χ2n) is 11.0. The van der Waals surface area contributed by atoms with E-state index in [1.165, 1.54) is 18.9 Å². The summed E-state index contributed by atoms with van der Waals surface area (Å²) in [6, 6.07) is -0.797. The third-order valence-corrected chi connectivity index (χ3v) is 12.0. The number of methoxy groups -OCH3 is 2. The van der Waals surface area contributed by atoms with Crippen LogP contribution in [0.4, 0.5) is 0 Å². The Balaban J connectivity index is 0. The minimum Gasteiger partial charge on any atom is -0.481 e. The maximum absolute atomic E-state index is 11.9. The molecule has 0 spiro atoms. The van der Waals surface area contributed by atoms with E-state index in [4.69, 9.17) is 24.5 Å². The van der Waals surface area contributed by atoms with Gasteiger partial charge in [-0.1, -0.05) is 57.0 Å².